The van der Waals surface area contributed by atoms with E-state index in [1.54, 1.807) is 25.4 Å². The molecule has 0 bridgehead atoms. The molecule has 1 aromatic rings. The van der Waals surface area contributed by atoms with Gasteiger partial charge >= 0.3 is 0 Å². The van der Waals surface area contributed by atoms with Crippen molar-refractivity contribution in [2.45, 2.75) is 0 Å². The van der Waals surface area contributed by atoms with Crippen LogP contribution in [0.1, 0.15) is 0 Å². The van der Waals surface area contributed by atoms with E-state index < -0.39 is 0 Å². The first-order valence-electron chi connectivity index (χ1n) is 2.33. The van der Waals surface area contributed by atoms with Gasteiger partial charge in [0.15, 0.2) is 0 Å². The second kappa shape index (κ2) is 1.78. The molecule has 0 aromatic carbocycles. The Bertz CT molecular complexity index is 225. The zero-order valence-electron chi connectivity index (χ0n) is 4.63. The first kappa shape index (κ1) is 5.03. The molecule has 1 aromatic heterocycles. The highest BCUT2D eigenvalue weighted by atomic mass is 15.2. The van der Waals surface area contributed by atoms with Gasteiger partial charge in [-0.1, -0.05) is 0 Å². The lowest BCUT2D eigenvalue weighted by molar-refractivity contribution is 0.681. The van der Waals surface area contributed by atoms with Crippen LogP contribution in [0.15, 0.2) is 18.3 Å². The highest BCUT2D eigenvalue weighted by Crippen LogP contribution is 1.65. The fraction of sp³-hybridized carbons (Fsp3) is 0.200. The van der Waals surface area contributed by atoms with E-state index in [0.29, 0.717) is 5.49 Å². The summed E-state index contributed by atoms with van der Waals surface area (Å²) in [5.74, 6) is 0. The van der Waals surface area contributed by atoms with Crippen molar-refractivity contribution in [2.24, 2.45) is 7.05 Å². The zero-order chi connectivity index (χ0) is 5.98. The number of aryl methyl sites for hydroxylation is 1. The minimum Gasteiger partial charge on any atom is -0.283 e. The number of hydrogen-bond donors (Lipinski definition) is 1. The largest absolute Gasteiger partial charge is 0.283 e. The monoisotopic (exact) mass is 109 g/mol. The molecule has 0 amide bonds. The molecule has 0 saturated heterocycles. The van der Waals surface area contributed by atoms with Crippen molar-refractivity contribution in [1.82, 2.24) is 9.78 Å². The van der Waals surface area contributed by atoms with Crippen LogP contribution >= 0.6 is 0 Å². The van der Waals surface area contributed by atoms with Crippen LogP contribution in [0.25, 0.3) is 0 Å². The highest BCUT2D eigenvalue weighted by molar-refractivity contribution is 4.80. The topological polar surface area (TPSA) is 41.7 Å². The Labute approximate surface area is 47.1 Å². The molecule has 0 radical (unpaired) electrons. The lowest BCUT2D eigenvalue weighted by Gasteiger charge is -1.90. The summed E-state index contributed by atoms with van der Waals surface area (Å²) in [6.45, 7) is 0. The Balaban J connectivity index is 3.35. The van der Waals surface area contributed by atoms with Gasteiger partial charge in [-0.3, -0.25) is 10.1 Å². The van der Waals surface area contributed by atoms with Crippen LogP contribution in [0.3, 0.4) is 0 Å². The minimum atomic E-state index is 0.424. The minimum absolute atomic E-state index is 0.424. The highest BCUT2D eigenvalue weighted by Gasteiger charge is 1.76. The molecule has 0 aliphatic carbocycles. The molecule has 1 heterocycles. The van der Waals surface area contributed by atoms with E-state index in [4.69, 9.17) is 5.41 Å². The van der Waals surface area contributed by atoms with Crippen LogP contribution < -0.4 is 5.49 Å². The van der Waals surface area contributed by atoms with Crippen LogP contribution in [-0.4, -0.2) is 9.78 Å². The first-order valence-corrected chi connectivity index (χ1v) is 2.33. The molecule has 0 atom stereocenters. The summed E-state index contributed by atoms with van der Waals surface area (Å²) in [5, 5.41) is 10.9. The van der Waals surface area contributed by atoms with Crippen molar-refractivity contribution < 1.29 is 0 Å². The van der Waals surface area contributed by atoms with E-state index in [2.05, 4.69) is 5.10 Å². The van der Waals surface area contributed by atoms with E-state index in [9.17, 15) is 0 Å². The van der Waals surface area contributed by atoms with Crippen LogP contribution in [0.5, 0.6) is 0 Å². The molecule has 0 spiro atoms. The smallest absolute Gasteiger partial charge is 0.140 e. The fourth-order valence-electron chi connectivity index (χ4n) is 0.443. The number of nitrogens with one attached hydrogen (secondary N) is 1. The Kier molecular flexibility index (Phi) is 1.12. The average molecular weight is 109 g/mol. The molecule has 3 nitrogen and oxygen atoms in total. The molecule has 0 aliphatic heterocycles. The summed E-state index contributed by atoms with van der Waals surface area (Å²) in [7, 11) is 1.74. The van der Waals surface area contributed by atoms with Crippen molar-refractivity contribution in [1.29, 1.82) is 5.41 Å². The molecule has 1 rings (SSSR count). The predicted octanol–water partition coefficient (Wildman–Crippen LogP) is -0.100. The van der Waals surface area contributed by atoms with Crippen LogP contribution in [0, 0.1) is 5.41 Å². The third kappa shape index (κ3) is 0.753. The van der Waals surface area contributed by atoms with Gasteiger partial charge in [0.2, 0.25) is 0 Å². The molecule has 42 valence electrons. The predicted molar refractivity (Wildman–Crippen MR) is 29.1 cm³/mol. The van der Waals surface area contributed by atoms with Gasteiger partial charge in [0, 0.05) is 13.2 Å². The van der Waals surface area contributed by atoms with Gasteiger partial charge in [0.05, 0.1) is 0 Å². The van der Waals surface area contributed by atoms with Crippen LogP contribution in [-0.2, 0) is 7.05 Å². The molecule has 8 heavy (non-hydrogen) atoms. The summed E-state index contributed by atoms with van der Waals surface area (Å²) in [6, 6.07) is 3.43. The van der Waals surface area contributed by atoms with Crippen molar-refractivity contribution in [3.63, 3.8) is 0 Å². The molecule has 0 aliphatic rings. The SMILES string of the molecule is Cn1ncccc1=N. The van der Waals surface area contributed by atoms with Gasteiger partial charge in [-0.25, -0.2) is 0 Å². The van der Waals surface area contributed by atoms with Gasteiger partial charge in [-0.2, -0.15) is 5.10 Å². The van der Waals surface area contributed by atoms with E-state index >= 15 is 0 Å². The lowest BCUT2D eigenvalue weighted by atomic mass is 10.6. The summed E-state index contributed by atoms with van der Waals surface area (Å²) in [5.41, 5.74) is 0.424. The normalized spacial score (nSPS) is 9.12. The van der Waals surface area contributed by atoms with Gasteiger partial charge in [-0.05, 0) is 12.1 Å². The molecular formula is C5H7N3. The molecule has 0 unspecified atom stereocenters. The van der Waals surface area contributed by atoms with Gasteiger partial charge < -0.3 is 0 Å². The number of aromatic nitrogens is 2. The molecular weight excluding hydrogens is 102 g/mol. The fourth-order valence-corrected chi connectivity index (χ4v) is 0.443. The number of hydrogen-bond acceptors (Lipinski definition) is 2. The quantitative estimate of drug-likeness (QED) is 0.496. The van der Waals surface area contributed by atoms with E-state index in [-0.39, 0.29) is 0 Å². The second-order valence-electron chi connectivity index (χ2n) is 1.53. The van der Waals surface area contributed by atoms with Gasteiger partial charge in [-0.15, -0.1) is 0 Å². The molecule has 1 N–H and O–H groups in total. The van der Waals surface area contributed by atoms with E-state index in [1.165, 1.54) is 4.68 Å². The lowest BCUT2D eigenvalue weighted by Crippen LogP contribution is -2.16. The van der Waals surface area contributed by atoms with E-state index in [1.807, 2.05) is 0 Å². The summed E-state index contributed by atoms with van der Waals surface area (Å²) >= 11 is 0. The molecule has 0 fully saturated rings. The Morgan fingerprint density at radius 2 is 2.50 bits per heavy atom. The van der Waals surface area contributed by atoms with Gasteiger partial charge in [0.25, 0.3) is 0 Å². The van der Waals surface area contributed by atoms with E-state index in [0.717, 1.165) is 0 Å². The van der Waals surface area contributed by atoms with Gasteiger partial charge in [0.1, 0.15) is 5.49 Å². The molecule has 3 heteroatoms. The first-order chi connectivity index (χ1) is 3.80. The second-order valence-corrected chi connectivity index (χ2v) is 1.53. The van der Waals surface area contributed by atoms with Crippen LogP contribution in [0.4, 0.5) is 0 Å². The third-order valence-electron chi connectivity index (χ3n) is 0.929. The van der Waals surface area contributed by atoms with Crippen molar-refractivity contribution >= 4 is 0 Å². The average Bonchev–Trinajstić information content (AvgIpc) is 1.77. The maximum absolute atomic E-state index is 7.12. The Morgan fingerprint density at radius 3 is 2.88 bits per heavy atom. The van der Waals surface area contributed by atoms with Crippen molar-refractivity contribution in [3.8, 4) is 0 Å². The van der Waals surface area contributed by atoms with Crippen LogP contribution in [0.2, 0.25) is 0 Å². The maximum Gasteiger partial charge on any atom is 0.140 e. The molecule has 0 saturated carbocycles. The number of nitrogens with zero attached hydrogens (tertiary/aromatic N) is 2. The third-order valence-corrected chi connectivity index (χ3v) is 0.929. The summed E-state index contributed by atoms with van der Waals surface area (Å²) in [4.78, 5) is 0. The Morgan fingerprint density at radius 1 is 1.75 bits per heavy atom. The number of rotatable bonds is 0. The van der Waals surface area contributed by atoms with Crippen molar-refractivity contribution in [2.75, 3.05) is 0 Å². The summed E-state index contributed by atoms with van der Waals surface area (Å²) < 4.78 is 1.50. The zero-order valence-corrected chi connectivity index (χ0v) is 4.63. The summed E-state index contributed by atoms with van der Waals surface area (Å²) in [6.07, 6.45) is 1.65. The Hall–Kier alpha value is -1.12. The maximum atomic E-state index is 7.12. The standard InChI is InChI=1S/C5H7N3/c1-8-5(6)3-2-4-7-8/h2-4,6H,1H3. The van der Waals surface area contributed by atoms with Crippen molar-refractivity contribution in [3.05, 3.63) is 23.8 Å².